The zero-order chi connectivity index (χ0) is 6.69. The van der Waals surface area contributed by atoms with Gasteiger partial charge in [-0.1, -0.05) is 15.9 Å². The maximum atomic E-state index is 5.48. The monoisotopic (exact) mass is 188 g/mol. The molecule has 0 saturated heterocycles. The van der Waals surface area contributed by atoms with Gasteiger partial charge in [0.15, 0.2) is 0 Å². The van der Waals surface area contributed by atoms with Gasteiger partial charge in [-0.2, -0.15) is 0 Å². The van der Waals surface area contributed by atoms with Crippen LogP contribution in [0, 0.1) is 0 Å². The Morgan fingerprint density at radius 2 is 2.33 bits per heavy atom. The Morgan fingerprint density at radius 3 is 3.11 bits per heavy atom. The molecule has 0 aromatic carbocycles. The molecule has 0 fully saturated rings. The van der Waals surface area contributed by atoms with Crippen molar-refractivity contribution in [1.29, 1.82) is 0 Å². The predicted octanol–water partition coefficient (Wildman–Crippen LogP) is 1.06. The third-order valence-electron chi connectivity index (χ3n) is 1.14. The molecule has 0 aromatic heterocycles. The van der Waals surface area contributed by atoms with Crippen molar-refractivity contribution in [2.75, 3.05) is 6.54 Å². The van der Waals surface area contributed by atoms with Crippen LogP contribution in [0.2, 0.25) is 0 Å². The Balaban J connectivity index is 2.63. The standard InChI is InChI=1S/C6H9BrN2/c7-5-1-2-6(8)9-4-3-5/h1-2,9H,3-4,8H2. The van der Waals surface area contributed by atoms with E-state index < -0.39 is 0 Å². The van der Waals surface area contributed by atoms with Gasteiger partial charge in [0.1, 0.15) is 0 Å². The Kier molecular flexibility index (Phi) is 2.16. The molecule has 0 saturated carbocycles. The summed E-state index contributed by atoms with van der Waals surface area (Å²) in [5.74, 6) is 0.740. The van der Waals surface area contributed by atoms with Crippen LogP contribution in [0.3, 0.4) is 0 Å². The first-order valence-corrected chi connectivity index (χ1v) is 3.64. The first-order valence-electron chi connectivity index (χ1n) is 2.85. The summed E-state index contributed by atoms with van der Waals surface area (Å²) in [5, 5.41) is 3.03. The highest BCUT2D eigenvalue weighted by Gasteiger charge is 1.95. The van der Waals surface area contributed by atoms with Crippen molar-refractivity contribution in [3.63, 3.8) is 0 Å². The van der Waals surface area contributed by atoms with E-state index in [9.17, 15) is 0 Å². The van der Waals surface area contributed by atoms with Gasteiger partial charge in [-0.15, -0.1) is 0 Å². The molecule has 3 N–H and O–H groups in total. The summed E-state index contributed by atoms with van der Waals surface area (Å²) in [6.45, 7) is 0.916. The number of nitrogens with one attached hydrogen (secondary N) is 1. The molecule has 0 aromatic rings. The third-order valence-corrected chi connectivity index (χ3v) is 1.80. The van der Waals surface area contributed by atoms with Crippen LogP contribution in [0.25, 0.3) is 0 Å². The van der Waals surface area contributed by atoms with Crippen molar-refractivity contribution in [3.8, 4) is 0 Å². The lowest BCUT2D eigenvalue weighted by Gasteiger charge is -1.99. The Hall–Kier alpha value is -0.440. The number of halogens is 1. The van der Waals surface area contributed by atoms with Crippen LogP contribution in [0.15, 0.2) is 22.5 Å². The normalized spacial score (nSPS) is 19.2. The third kappa shape index (κ3) is 2.10. The van der Waals surface area contributed by atoms with Crippen LogP contribution in [0.5, 0.6) is 0 Å². The summed E-state index contributed by atoms with van der Waals surface area (Å²) in [4.78, 5) is 0. The van der Waals surface area contributed by atoms with E-state index in [0.717, 1.165) is 18.8 Å². The molecule has 0 amide bonds. The van der Waals surface area contributed by atoms with Gasteiger partial charge in [0, 0.05) is 6.54 Å². The van der Waals surface area contributed by atoms with Crippen LogP contribution in [-0.2, 0) is 0 Å². The van der Waals surface area contributed by atoms with Gasteiger partial charge < -0.3 is 11.1 Å². The summed E-state index contributed by atoms with van der Waals surface area (Å²) in [6.07, 6.45) is 4.84. The first-order chi connectivity index (χ1) is 4.29. The van der Waals surface area contributed by atoms with Gasteiger partial charge in [-0.3, -0.25) is 0 Å². The second kappa shape index (κ2) is 2.92. The summed E-state index contributed by atoms with van der Waals surface area (Å²) in [7, 11) is 0. The molecule has 9 heavy (non-hydrogen) atoms. The minimum absolute atomic E-state index is 0.740. The molecule has 0 bridgehead atoms. The van der Waals surface area contributed by atoms with Crippen molar-refractivity contribution in [2.24, 2.45) is 5.73 Å². The fourth-order valence-corrected chi connectivity index (χ4v) is 0.979. The minimum Gasteiger partial charge on any atom is -0.386 e. The molecule has 0 spiro atoms. The van der Waals surface area contributed by atoms with Crippen molar-refractivity contribution in [1.82, 2.24) is 5.32 Å². The molecule has 1 rings (SSSR count). The van der Waals surface area contributed by atoms with E-state index >= 15 is 0 Å². The number of nitrogens with two attached hydrogens (primary N) is 1. The minimum atomic E-state index is 0.740. The molecule has 0 radical (unpaired) electrons. The smallest absolute Gasteiger partial charge is 0.0960 e. The van der Waals surface area contributed by atoms with Crippen LogP contribution in [0.1, 0.15) is 6.42 Å². The lowest BCUT2D eigenvalue weighted by molar-refractivity contribution is 0.798. The van der Waals surface area contributed by atoms with Gasteiger partial charge in [0.2, 0.25) is 0 Å². The van der Waals surface area contributed by atoms with Crippen LogP contribution in [0.4, 0.5) is 0 Å². The first kappa shape index (κ1) is 6.68. The van der Waals surface area contributed by atoms with Gasteiger partial charge in [-0.25, -0.2) is 0 Å². The molecule has 50 valence electrons. The number of hydrogen-bond donors (Lipinski definition) is 2. The molecule has 3 heteroatoms. The van der Waals surface area contributed by atoms with E-state index in [4.69, 9.17) is 5.73 Å². The molecule has 2 nitrogen and oxygen atoms in total. The topological polar surface area (TPSA) is 38.0 Å². The van der Waals surface area contributed by atoms with E-state index in [1.807, 2.05) is 12.2 Å². The quantitative estimate of drug-likeness (QED) is 0.597. The van der Waals surface area contributed by atoms with E-state index in [2.05, 4.69) is 21.2 Å². The van der Waals surface area contributed by atoms with E-state index in [1.54, 1.807) is 0 Å². The highest BCUT2D eigenvalue weighted by Crippen LogP contribution is 2.11. The maximum Gasteiger partial charge on any atom is 0.0960 e. The Bertz CT molecular complexity index is 142. The summed E-state index contributed by atoms with van der Waals surface area (Å²) in [6, 6.07) is 0. The zero-order valence-corrected chi connectivity index (χ0v) is 6.61. The molecule has 1 aliphatic heterocycles. The highest BCUT2D eigenvalue weighted by molar-refractivity contribution is 9.11. The van der Waals surface area contributed by atoms with Crippen molar-refractivity contribution < 1.29 is 0 Å². The molecule has 0 aliphatic carbocycles. The van der Waals surface area contributed by atoms with E-state index in [1.165, 1.54) is 4.48 Å². The lowest BCUT2D eigenvalue weighted by Crippen LogP contribution is -2.19. The van der Waals surface area contributed by atoms with Gasteiger partial charge in [0.05, 0.1) is 5.82 Å². The second-order valence-corrected chi connectivity index (χ2v) is 2.93. The average Bonchev–Trinajstić information content (AvgIpc) is 1.97. The molecule has 1 aliphatic rings. The largest absolute Gasteiger partial charge is 0.386 e. The van der Waals surface area contributed by atoms with Crippen molar-refractivity contribution in [2.45, 2.75) is 6.42 Å². The predicted molar refractivity (Wildman–Crippen MR) is 41.9 cm³/mol. The summed E-state index contributed by atoms with van der Waals surface area (Å²) in [5.41, 5.74) is 5.48. The van der Waals surface area contributed by atoms with Gasteiger partial charge in [-0.05, 0) is 23.1 Å². The van der Waals surface area contributed by atoms with Crippen LogP contribution < -0.4 is 11.1 Å². The summed E-state index contributed by atoms with van der Waals surface area (Å²) < 4.78 is 1.19. The fraction of sp³-hybridized carbons (Fsp3) is 0.333. The zero-order valence-electron chi connectivity index (χ0n) is 5.02. The summed E-state index contributed by atoms with van der Waals surface area (Å²) >= 11 is 3.39. The molecule has 0 unspecified atom stereocenters. The maximum absolute atomic E-state index is 5.48. The highest BCUT2D eigenvalue weighted by atomic mass is 79.9. The van der Waals surface area contributed by atoms with Crippen LogP contribution in [-0.4, -0.2) is 6.54 Å². The molecular formula is C6H9BrN2. The molecular weight excluding hydrogens is 180 g/mol. The number of hydrogen-bond acceptors (Lipinski definition) is 2. The lowest BCUT2D eigenvalue weighted by atomic mass is 10.4. The fourth-order valence-electron chi connectivity index (χ4n) is 0.649. The van der Waals surface area contributed by atoms with Gasteiger partial charge >= 0.3 is 0 Å². The molecule has 1 heterocycles. The number of allylic oxidation sites excluding steroid dienone is 2. The van der Waals surface area contributed by atoms with Crippen LogP contribution >= 0.6 is 15.9 Å². The van der Waals surface area contributed by atoms with E-state index in [-0.39, 0.29) is 0 Å². The molecule has 0 atom stereocenters. The van der Waals surface area contributed by atoms with Gasteiger partial charge in [0.25, 0.3) is 0 Å². The van der Waals surface area contributed by atoms with Crippen molar-refractivity contribution >= 4 is 15.9 Å². The Morgan fingerprint density at radius 1 is 1.56 bits per heavy atom. The Labute approximate surface area is 62.9 Å². The van der Waals surface area contributed by atoms with E-state index in [0.29, 0.717) is 0 Å². The number of rotatable bonds is 0. The SMILES string of the molecule is NC1=CC=C(Br)CCN1. The van der Waals surface area contributed by atoms with Crippen molar-refractivity contribution in [3.05, 3.63) is 22.5 Å². The second-order valence-electron chi connectivity index (χ2n) is 1.91. The average molecular weight is 189 g/mol.